The van der Waals surface area contributed by atoms with Gasteiger partial charge in [-0.15, -0.1) is 0 Å². The predicted molar refractivity (Wildman–Crippen MR) is 132 cm³/mol. The normalized spacial score (nSPS) is 14.8. The van der Waals surface area contributed by atoms with Crippen molar-refractivity contribution < 1.29 is 18.7 Å². The summed E-state index contributed by atoms with van der Waals surface area (Å²) in [7, 11) is 0. The minimum atomic E-state index is -0.322. The molecule has 1 aliphatic heterocycles. The van der Waals surface area contributed by atoms with Crippen LogP contribution in [0.5, 0.6) is 0 Å². The Bertz CT molecular complexity index is 1170. The van der Waals surface area contributed by atoms with Gasteiger partial charge in [-0.2, -0.15) is 0 Å². The summed E-state index contributed by atoms with van der Waals surface area (Å²) >= 11 is 0. The molecule has 0 unspecified atom stereocenters. The minimum absolute atomic E-state index is 0.0815. The summed E-state index contributed by atoms with van der Waals surface area (Å²) in [6.45, 7) is 7.26. The molecule has 2 N–H and O–H groups in total. The lowest BCUT2D eigenvalue weighted by Crippen LogP contribution is -2.33. The molecule has 0 saturated heterocycles. The molecule has 0 radical (unpaired) electrons. The van der Waals surface area contributed by atoms with Crippen molar-refractivity contribution in [2.45, 2.75) is 52.4 Å². The molecule has 0 saturated carbocycles. The zero-order valence-corrected chi connectivity index (χ0v) is 20.4. The molecule has 6 nitrogen and oxygen atoms in total. The second-order valence-corrected chi connectivity index (χ2v) is 9.19. The van der Waals surface area contributed by atoms with Gasteiger partial charge >= 0.3 is 0 Å². The van der Waals surface area contributed by atoms with Crippen LogP contribution in [0.15, 0.2) is 60.7 Å². The van der Waals surface area contributed by atoms with Crippen molar-refractivity contribution in [1.82, 2.24) is 15.2 Å². The van der Waals surface area contributed by atoms with Crippen LogP contribution in [-0.4, -0.2) is 23.0 Å². The summed E-state index contributed by atoms with van der Waals surface area (Å²) in [4.78, 5) is 26.8. The Hall–Kier alpha value is -3.45. The summed E-state index contributed by atoms with van der Waals surface area (Å²) < 4.78 is 20.9. The standard InChI is InChI=1S/C28H32FN3O3/c1-4-23(19-8-6-5-7-9-19)30-28(34)24-16-22(25-17-35-15-14-32(24)25)27(33)31-26(18(2)3)20-10-12-21(29)13-11-20/h5-13,16,18,23,26H,4,14-15,17H2,1-3H3,(H,30,34)(H,31,33)/t23-,26+/m0/s1. The first-order valence-corrected chi connectivity index (χ1v) is 12.1. The van der Waals surface area contributed by atoms with Gasteiger partial charge in [0, 0.05) is 6.54 Å². The smallest absolute Gasteiger partial charge is 0.268 e. The van der Waals surface area contributed by atoms with Crippen LogP contribution in [0, 0.1) is 11.7 Å². The highest BCUT2D eigenvalue weighted by molar-refractivity contribution is 6.01. The third-order valence-electron chi connectivity index (χ3n) is 6.48. The molecular formula is C28H32FN3O3. The van der Waals surface area contributed by atoms with E-state index in [1.807, 2.05) is 55.7 Å². The maximum atomic E-state index is 13.4. The summed E-state index contributed by atoms with van der Waals surface area (Å²) in [5.41, 5.74) is 3.43. The minimum Gasteiger partial charge on any atom is -0.373 e. The summed E-state index contributed by atoms with van der Waals surface area (Å²) in [6.07, 6.45) is 0.744. The van der Waals surface area contributed by atoms with Crippen LogP contribution in [0.25, 0.3) is 0 Å². The molecule has 2 amide bonds. The molecule has 2 aromatic carbocycles. The van der Waals surface area contributed by atoms with Crippen molar-refractivity contribution in [2.75, 3.05) is 6.61 Å². The van der Waals surface area contributed by atoms with E-state index in [1.54, 1.807) is 18.2 Å². The van der Waals surface area contributed by atoms with Gasteiger partial charge < -0.3 is 19.9 Å². The van der Waals surface area contributed by atoms with Crippen LogP contribution >= 0.6 is 0 Å². The molecule has 0 spiro atoms. The lowest BCUT2D eigenvalue weighted by atomic mass is 9.95. The average Bonchev–Trinajstić information content (AvgIpc) is 3.27. The molecular weight excluding hydrogens is 445 g/mol. The first-order chi connectivity index (χ1) is 16.9. The van der Waals surface area contributed by atoms with Gasteiger partial charge in [0.1, 0.15) is 11.5 Å². The first-order valence-electron chi connectivity index (χ1n) is 12.1. The van der Waals surface area contributed by atoms with Crippen LogP contribution in [-0.2, 0) is 17.9 Å². The summed E-state index contributed by atoms with van der Waals surface area (Å²) in [5, 5.41) is 6.21. The van der Waals surface area contributed by atoms with E-state index in [0.29, 0.717) is 30.1 Å². The monoisotopic (exact) mass is 477 g/mol. The summed E-state index contributed by atoms with van der Waals surface area (Å²) in [6, 6.07) is 17.2. The van der Waals surface area contributed by atoms with Crippen molar-refractivity contribution in [3.05, 3.63) is 94.6 Å². The maximum absolute atomic E-state index is 13.4. The van der Waals surface area contributed by atoms with E-state index < -0.39 is 0 Å². The van der Waals surface area contributed by atoms with E-state index >= 15 is 0 Å². The van der Waals surface area contributed by atoms with Crippen molar-refractivity contribution in [3.63, 3.8) is 0 Å². The Morgan fingerprint density at radius 1 is 1.00 bits per heavy atom. The lowest BCUT2D eigenvalue weighted by Gasteiger charge is -2.24. The van der Waals surface area contributed by atoms with E-state index in [2.05, 4.69) is 10.6 Å². The van der Waals surface area contributed by atoms with E-state index in [1.165, 1.54) is 12.1 Å². The number of hydrogen-bond acceptors (Lipinski definition) is 3. The topological polar surface area (TPSA) is 72.4 Å². The molecule has 35 heavy (non-hydrogen) atoms. The SMILES string of the molecule is CC[C@H](NC(=O)c1cc(C(=O)N[C@@H](c2ccc(F)cc2)C(C)C)c2n1CCOC2)c1ccccc1. The molecule has 1 aliphatic rings. The fraction of sp³-hybridized carbons (Fsp3) is 0.357. The highest BCUT2D eigenvalue weighted by Gasteiger charge is 2.29. The number of halogens is 1. The Morgan fingerprint density at radius 3 is 2.37 bits per heavy atom. The Morgan fingerprint density at radius 2 is 1.71 bits per heavy atom. The Kier molecular flexibility index (Phi) is 7.66. The van der Waals surface area contributed by atoms with Gasteiger partial charge in [-0.25, -0.2) is 4.39 Å². The number of rotatable bonds is 8. The molecule has 2 heterocycles. The van der Waals surface area contributed by atoms with Gasteiger partial charge in [0.2, 0.25) is 0 Å². The van der Waals surface area contributed by atoms with Gasteiger partial charge in [0.25, 0.3) is 11.8 Å². The Balaban J connectivity index is 1.60. The van der Waals surface area contributed by atoms with Gasteiger partial charge in [-0.1, -0.05) is 63.2 Å². The third kappa shape index (κ3) is 5.46. The van der Waals surface area contributed by atoms with Crippen molar-refractivity contribution >= 4 is 11.8 Å². The van der Waals surface area contributed by atoms with Crippen LogP contribution < -0.4 is 10.6 Å². The molecule has 0 aliphatic carbocycles. The predicted octanol–water partition coefficient (Wildman–Crippen LogP) is 5.17. The van der Waals surface area contributed by atoms with Crippen LogP contribution in [0.2, 0.25) is 0 Å². The highest BCUT2D eigenvalue weighted by Crippen LogP contribution is 2.26. The fourth-order valence-corrected chi connectivity index (χ4v) is 4.57. The number of ether oxygens (including phenoxy) is 1. The third-order valence-corrected chi connectivity index (χ3v) is 6.48. The number of carbonyl (C=O) groups is 2. The van der Waals surface area contributed by atoms with E-state index in [4.69, 9.17) is 4.74 Å². The molecule has 184 valence electrons. The molecule has 0 fully saturated rings. The highest BCUT2D eigenvalue weighted by atomic mass is 19.1. The van der Waals surface area contributed by atoms with Crippen molar-refractivity contribution in [1.29, 1.82) is 0 Å². The molecule has 7 heteroatoms. The van der Waals surface area contributed by atoms with Crippen LogP contribution in [0.3, 0.4) is 0 Å². The van der Waals surface area contributed by atoms with E-state index in [9.17, 15) is 14.0 Å². The largest absolute Gasteiger partial charge is 0.373 e. The maximum Gasteiger partial charge on any atom is 0.268 e. The number of amides is 2. The number of nitrogens with zero attached hydrogens (tertiary/aromatic N) is 1. The number of hydrogen-bond donors (Lipinski definition) is 2. The number of aromatic nitrogens is 1. The molecule has 0 bridgehead atoms. The fourth-order valence-electron chi connectivity index (χ4n) is 4.57. The Labute approximate surface area is 205 Å². The van der Waals surface area contributed by atoms with Crippen molar-refractivity contribution in [3.8, 4) is 0 Å². The average molecular weight is 478 g/mol. The van der Waals surface area contributed by atoms with Gasteiger partial charge in [0.15, 0.2) is 0 Å². The second kappa shape index (κ2) is 10.9. The second-order valence-electron chi connectivity index (χ2n) is 9.19. The molecule has 4 rings (SSSR count). The van der Waals surface area contributed by atoms with Gasteiger partial charge in [-0.05, 0) is 41.7 Å². The summed E-state index contributed by atoms with van der Waals surface area (Å²) in [5.74, 6) is -0.742. The van der Waals surface area contributed by atoms with E-state index in [-0.39, 0.29) is 42.2 Å². The van der Waals surface area contributed by atoms with E-state index in [0.717, 1.165) is 17.5 Å². The molecule has 1 aromatic heterocycles. The van der Waals surface area contributed by atoms with Crippen LogP contribution in [0.1, 0.15) is 76.9 Å². The number of nitrogens with one attached hydrogen (secondary N) is 2. The van der Waals surface area contributed by atoms with Crippen molar-refractivity contribution in [2.24, 2.45) is 5.92 Å². The number of benzene rings is 2. The quantitative estimate of drug-likeness (QED) is 0.470. The number of fused-ring (bicyclic) bond motifs is 1. The zero-order chi connectivity index (χ0) is 24.9. The zero-order valence-electron chi connectivity index (χ0n) is 20.4. The van der Waals surface area contributed by atoms with Gasteiger partial charge in [-0.3, -0.25) is 9.59 Å². The lowest BCUT2D eigenvalue weighted by molar-refractivity contribution is 0.0771. The van der Waals surface area contributed by atoms with Gasteiger partial charge in [0.05, 0.1) is 36.6 Å². The van der Waals surface area contributed by atoms with Crippen LogP contribution in [0.4, 0.5) is 4.39 Å². The molecule has 2 atom stereocenters. The first kappa shape index (κ1) is 24.7. The number of carbonyl (C=O) groups excluding carboxylic acids is 2. The molecule has 3 aromatic rings.